The quantitative estimate of drug-likeness (QED) is 0.635. The number of anilines is 2. The van der Waals surface area contributed by atoms with Crippen LogP contribution >= 0.6 is 0 Å². The zero-order chi connectivity index (χ0) is 16.1. The molecule has 1 heterocycles. The van der Waals surface area contributed by atoms with E-state index in [1.54, 1.807) is 0 Å². The van der Waals surface area contributed by atoms with Gasteiger partial charge in [-0.2, -0.15) is 4.98 Å². The van der Waals surface area contributed by atoms with Crippen LogP contribution in [0.4, 0.5) is 11.8 Å². The molecule has 120 valence electrons. The van der Waals surface area contributed by atoms with Crippen molar-refractivity contribution in [2.45, 2.75) is 51.2 Å². The van der Waals surface area contributed by atoms with E-state index in [1.807, 2.05) is 6.92 Å². The minimum Gasteiger partial charge on any atom is -0.393 e. The number of aromatic nitrogens is 2. The highest BCUT2D eigenvalue weighted by molar-refractivity contribution is 5.97. The normalized spacial score (nSPS) is 21.2. The lowest BCUT2D eigenvalue weighted by atomic mass is 9.93. The third kappa shape index (κ3) is 4.17. The van der Waals surface area contributed by atoms with Crippen LogP contribution in [0.2, 0.25) is 0 Å². The van der Waals surface area contributed by atoms with Gasteiger partial charge in [0.25, 0.3) is 5.91 Å². The second kappa shape index (κ2) is 7.22. The van der Waals surface area contributed by atoms with Gasteiger partial charge in [-0.3, -0.25) is 4.79 Å². The Labute approximate surface area is 130 Å². The molecule has 0 spiro atoms. The predicted octanol–water partition coefficient (Wildman–Crippen LogP) is 1.63. The maximum Gasteiger partial charge on any atom is 0.254 e. The first-order valence-electron chi connectivity index (χ1n) is 7.55. The molecule has 1 saturated carbocycles. The molecule has 0 atom stereocenters. The molecule has 0 saturated heterocycles. The molecule has 7 nitrogen and oxygen atoms in total. The standard InChI is InChI=1S/C15H23N5O2/c1-3-9(2)18-14-12(13(16)22)8-17-15(20-14)19-10-4-6-11(21)7-5-10/h8,10-11,21H,2-7H2,1H3,(H2,16,22)(H2,17,18,19,20). The Morgan fingerprint density at radius 3 is 2.73 bits per heavy atom. The average Bonchev–Trinajstić information content (AvgIpc) is 2.49. The number of nitrogens with one attached hydrogen (secondary N) is 2. The highest BCUT2D eigenvalue weighted by Gasteiger charge is 2.20. The van der Waals surface area contributed by atoms with Crippen LogP contribution in [0.3, 0.4) is 0 Å². The lowest BCUT2D eigenvalue weighted by Crippen LogP contribution is -2.29. The number of amides is 1. The number of primary amides is 1. The Hall–Kier alpha value is -2.15. The van der Waals surface area contributed by atoms with Crippen molar-refractivity contribution in [1.82, 2.24) is 9.97 Å². The number of nitrogens with zero attached hydrogens (tertiary/aromatic N) is 2. The Kier molecular flexibility index (Phi) is 5.32. The van der Waals surface area contributed by atoms with Crippen molar-refractivity contribution in [2.75, 3.05) is 10.6 Å². The van der Waals surface area contributed by atoms with Crippen molar-refractivity contribution in [3.05, 3.63) is 24.0 Å². The van der Waals surface area contributed by atoms with Gasteiger partial charge in [0.05, 0.1) is 6.10 Å². The van der Waals surface area contributed by atoms with E-state index in [2.05, 4.69) is 27.2 Å². The molecule has 0 bridgehead atoms. The largest absolute Gasteiger partial charge is 0.393 e. The van der Waals surface area contributed by atoms with E-state index in [4.69, 9.17) is 5.73 Å². The van der Waals surface area contributed by atoms with Gasteiger partial charge in [0.1, 0.15) is 11.4 Å². The summed E-state index contributed by atoms with van der Waals surface area (Å²) in [5, 5.41) is 15.8. The monoisotopic (exact) mass is 305 g/mol. The smallest absolute Gasteiger partial charge is 0.254 e. The average molecular weight is 305 g/mol. The van der Waals surface area contributed by atoms with Gasteiger partial charge in [-0.1, -0.05) is 13.5 Å². The van der Waals surface area contributed by atoms with E-state index in [1.165, 1.54) is 6.20 Å². The van der Waals surface area contributed by atoms with Crippen molar-refractivity contribution < 1.29 is 9.90 Å². The number of aliphatic hydroxyl groups excluding tert-OH is 1. The maximum absolute atomic E-state index is 11.5. The summed E-state index contributed by atoms with van der Waals surface area (Å²) in [5.74, 6) is 0.226. The lowest BCUT2D eigenvalue weighted by Gasteiger charge is -2.26. The molecule has 22 heavy (non-hydrogen) atoms. The molecule has 0 aliphatic heterocycles. The fourth-order valence-corrected chi connectivity index (χ4v) is 2.39. The first kappa shape index (κ1) is 16.2. The van der Waals surface area contributed by atoms with Crippen LogP contribution in [0, 0.1) is 0 Å². The summed E-state index contributed by atoms with van der Waals surface area (Å²) in [7, 11) is 0. The summed E-state index contributed by atoms with van der Waals surface area (Å²) in [5.41, 5.74) is 6.32. The molecule has 1 aromatic rings. The number of aliphatic hydroxyl groups is 1. The van der Waals surface area contributed by atoms with Crippen LogP contribution in [-0.2, 0) is 0 Å². The van der Waals surface area contributed by atoms with Gasteiger partial charge in [-0.25, -0.2) is 4.98 Å². The molecule has 7 heteroatoms. The summed E-state index contributed by atoms with van der Waals surface area (Å²) in [6, 6.07) is 0.227. The molecular weight excluding hydrogens is 282 g/mol. The first-order chi connectivity index (χ1) is 10.5. The topological polar surface area (TPSA) is 113 Å². The fourth-order valence-electron chi connectivity index (χ4n) is 2.39. The van der Waals surface area contributed by atoms with E-state index in [0.29, 0.717) is 18.2 Å². The highest BCUT2D eigenvalue weighted by atomic mass is 16.3. The number of allylic oxidation sites excluding steroid dienone is 1. The summed E-state index contributed by atoms with van der Waals surface area (Å²) < 4.78 is 0. The number of carbonyl (C=O) groups is 1. The van der Waals surface area contributed by atoms with Crippen LogP contribution in [0.25, 0.3) is 0 Å². The van der Waals surface area contributed by atoms with E-state index in [-0.39, 0.29) is 17.7 Å². The number of carbonyl (C=O) groups excluding carboxylic acids is 1. The van der Waals surface area contributed by atoms with Gasteiger partial charge in [0.2, 0.25) is 5.95 Å². The summed E-state index contributed by atoms with van der Waals surface area (Å²) in [6.07, 6.45) is 5.20. The molecule has 0 radical (unpaired) electrons. The molecule has 0 aromatic carbocycles. The third-order valence-electron chi connectivity index (χ3n) is 3.81. The van der Waals surface area contributed by atoms with Crippen molar-refractivity contribution >= 4 is 17.7 Å². The molecule has 1 fully saturated rings. The Bertz CT molecular complexity index is 553. The van der Waals surface area contributed by atoms with Crippen LogP contribution in [-0.4, -0.2) is 33.1 Å². The van der Waals surface area contributed by atoms with Crippen molar-refractivity contribution in [1.29, 1.82) is 0 Å². The third-order valence-corrected chi connectivity index (χ3v) is 3.81. The second-order valence-electron chi connectivity index (χ2n) is 5.55. The van der Waals surface area contributed by atoms with E-state index in [0.717, 1.165) is 31.4 Å². The van der Waals surface area contributed by atoms with E-state index in [9.17, 15) is 9.90 Å². The van der Waals surface area contributed by atoms with Gasteiger partial charge >= 0.3 is 0 Å². The predicted molar refractivity (Wildman–Crippen MR) is 85.5 cm³/mol. The van der Waals surface area contributed by atoms with Crippen molar-refractivity contribution in [3.8, 4) is 0 Å². The Morgan fingerprint density at radius 1 is 1.45 bits per heavy atom. The maximum atomic E-state index is 11.5. The second-order valence-corrected chi connectivity index (χ2v) is 5.55. The number of nitrogens with two attached hydrogens (primary N) is 1. The number of rotatable bonds is 6. The highest BCUT2D eigenvalue weighted by Crippen LogP contribution is 2.22. The van der Waals surface area contributed by atoms with Gasteiger partial charge in [-0.15, -0.1) is 0 Å². The van der Waals surface area contributed by atoms with Gasteiger partial charge in [-0.05, 0) is 32.1 Å². The van der Waals surface area contributed by atoms with Crippen LogP contribution in [0.5, 0.6) is 0 Å². The zero-order valence-electron chi connectivity index (χ0n) is 12.8. The van der Waals surface area contributed by atoms with Crippen LogP contribution in [0.15, 0.2) is 18.5 Å². The molecule has 1 aliphatic rings. The lowest BCUT2D eigenvalue weighted by molar-refractivity contribution is 0.100. The number of hydrogen-bond donors (Lipinski definition) is 4. The van der Waals surface area contributed by atoms with Gasteiger partial charge in [0, 0.05) is 17.9 Å². The molecule has 5 N–H and O–H groups in total. The minimum absolute atomic E-state index is 0.207. The van der Waals surface area contributed by atoms with Gasteiger partial charge < -0.3 is 21.5 Å². The number of hydrogen-bond acceptors (Lipinski definition) is 6. The van der Waals surface area contributed by atoms with Crippen LogP contribution in [0.1, 0.15) is 49.4 Å². The molecular formula is C15H23N5O2. The Morgan fingerprint density at radius 2 is 2.14 bits per heavy atom. The molecule has 1 amide bonds. The van der Waals surface area contributed by atoms with E-state index < -0.39 is 5.91 Å². The summed E-state index contributed by atoms with van der Waals surface area (Å²) in [6.45, 7) is 5.80. The van der Waals surface area contributed by atoms with Gasteiger partial charge in [0.15, 0.2) is 0 Å². The SMILES string of the molecule is C=C(CC)Nc1nc(NC2CCC(O)CC2)ncc1C(N)=O. The van der Waals surface area contributed by atoms with Crippen LogP contribution < -0.4 is 16.4 Å². The van der Waals surface area contributed by atoms with E-state index >= 15 is 0 Å². The Balaban J connectivity index is 2.13. The molecule has 2 rings (SSSR count). The van der Waals surface area contributed by atoms with Crippen molar-refractivity contribution in [3.63, 3.8) is 0 Å². The first-order valence-corrected chi connectivity index (χ1v) is 7.55. The fraction of sp³-hybridized carbons (Fsp3) is 0.533. The minimum atomic E-state index is -0.584. The van der Waals surface area contributed by atoms with Crippen molar-refractivity contribution in [2.24, 2.45) is 5.73 Å². The molecule has 1 aliphatic carbocycles. The zero-order valence-corrected chi connectivity index (χ0v) is 12.8. The summed E-state index contributed by atoms with van der Waals surface area (Å²) in [4.78, 5) is 19.9. The summed E-state index contributed by atoms with van der Waals surface area (Å²) >= 11 is 0. The molecule has 1 aromatic heterocycles. The molecule has 0 unspecified atom stereocenters.